The van der Waals surface area contributed by atoms with E-state index in [1.807, 2.05) is 11.0 Å². The van der Waals surface area contributed by atoms with E-state index in [9.17, 15) is 4.79 Å². The third-order valence-corrected chi connectivity index (χ3v) is 6.24. The van der Waals surface area contributed by atoms with Crippen molar-refractivity contribution in [2.45, 2.75) is 12.6 Å². The largest absolute Gasteiger partial charge is 0.493 e. The molecule has 2 saturated heterocycles. The molecule has 9 nitrogen and oxygen atoms in total. The fraction of sp³-hybridized carbons (Fsp3) is 0.542. The molecule has 2 aliphatic heterocycles. The van der Waals surface area contributed by atoms with Crippen LogP contribution in [-0.2, 0) is 11.3 Å². The maximum absolute atomic E-state index is 13.1. The van der Waals surface area contributed by atoms with Crippen molar-refractivity contribution in [3.05, 3.63) is 41.9 Å². The van der Waals surface area contributed by atoms with Gasteiger partial charge in [0.2, 0.25) is 5.75 Å². The standard InChI is InChI=1S/C24H33N3O6/c1-29-21-12-19(13-22(30-2)23(21)31-3)24(28)27-7-5-25(6-8-27)15-20-16-26(9-11-33-20)14-18-4-10-32-17-18/h4,10,12-13,17,20H,5-9,11,14-16H2,1-3H3. The van der Waals surface area contributed by atoms with E-state index in [4.69, 9.17) is 23.4 Å². The van der Waals surface area contributed by atoms with Crippen LogP contribution >= 0.6 is 0 Å². The SMILES string of the molecule is COc1cc(C(=O)N2CCN(CC3CN(Cc4ccoc4)CCO3)CC2)cc(OC)c1OC. The minimum atomic E-state index is -0.0332. The number of furan rings is 1. The van der Waals surface area contributed by atoms with Gasteiger partial charge in [0.05, 0.1) is 46.6 Å². The van der Waals surface area contributed by atoms with Gasteiger partial charge in [-0.15, -0.1) is 0 Å². The Labute approximate surface area is 194 Å². The molecule has 33 heavy (non-hydrogen) atoms. The van der Waals surface area contributed by atoms with E-state index in [1.165, 1.54) is 5.56 Å². The Morgan fingerprint density at radius 1 is 1.00 bits per heavy atom. The summed E-state index contributed by atoms with van der Waals surface area (Å²) in [6.45, 7) is 7.29. The summed E-state index contributed by atoms with van der Waals surface area (Å²) in [5, 5.41) is 0. The highest BCUT2D eigenvalue weighted by Crippen LogP contribution is 2.38. The van der Waals surface area contributed by atoms with E-state index in [0.717, 1.165) is 45.9 Å². The molecule has 2 aromatic rings. The molecule has 4 rings (SSSR count). The fourth-order valence-corrected chi connectivity index (χ4v) is 4.48. The van der Waals surface area contributed by atoms with E-state index in [-0.39, 0.29) is 12.0 Å². The Morgan fingerprint density at radius 3 is 2.33 bits per heavy atom. The van der Waals surface area contributed by atoms with Crippen LogP contribution in [0.2, 0.25) is 0 Å². The van der Waals surface area contributed by atoms with E-state index in [0.29, 0.717) is 35.9 Å². The van der Waals surface area contributed by atoms with Gasteiger partial charge in [0, 0.05) is 63.5 Å². The molecule has 0 radical (unpaired) electrons. The maximum atomic E-state index is 13.1. The van der Waals surface area contributed by atoms with Crippen LogP contribution in [-0.4, -0.2) is 100 Å². The number of amides is 1. The monoisotopic (exact) mass is 459 g/mol. The van der Waals surface area contributed by atoms with Gasteiger partial charge in [0.15, 0.2) is 11.5 Å². The van der Waals surface area contributed by atoms with Crippen LogP contribution in [0.15, 0.2) is 35.1 Å². The minimum absolute atomic E-state index is 0.0332. The first-order valence-electron chi connectivity index (χ1n) is 11.3. The fourth-order valence-electron chi connectivity index (χ4n) is 4.48. The zero-order valence-electron chi connectivity index (χ0n) is 19.6. The summed E-state index contributed by atoms with van der Waals surface area (Å²) < 4.78 is 27.3. The van der Waals surface area contributed by atoms with Gasteiger partial charge in [0.1, 0.15) is 0 Å². The van der Waals surface area contributed by atoms with Crippen molar-refractivity contribution >= 4 is 5.91 Å². The molecule has 3 heterocycles. The summed E-state index contributed by atoms with van der Waals surface area (Å²) in [5.41, 5.74) is 1.72. The predicted octanol–water partition coefficient (Wildman–Crippen LogP) is 1.96. The number of methoxy groups -OCH3 is 3. The van der Waals surface area contributed by atoms with E-state index >= 15 is 0 Å². The Bertz CT molecular complexity index is 886. The number of rotatable bonds is 8. The summed E-state index contributed by atoms with van der Waals surface area (Å²) in [6.07, 6.45) is 3.68. The maximum Gasteiger partial charge on any atom is 0.254 e. The van der Waals surface area contributed by atoms with Gasteiger partial charge in [-0.05, 0) is 18.2 Å². The number of hydrogen-bond donors (Lipinski definition) is 0. The van der Waals surface area contributed by atoms with Crippen molar-refractivity contribution in [3.8, 4) is 17.2 Å². The average molecular weight is 460 g/mol. The quantitative estimate of drug-likeness (QED) is 0.593. The van der Waals surface area contributed by atoms with Gasteiger partial charge in [-0.25, -0.2) is 0 Å². The van der Waals surface area contributed by atoms with Crippen molar-refractivity contribution in [2.75, 3.05) is 73.7 Å². The van der Waals surface area contributed by atoms with Crippen LogP contribution < -0.4 is 14.2 Å². The lowest BCUT2D eigenvalue weighted by molar-refractivity contribution is -0.0497. The zero-order valence-corrected chi connectivity index (χ0v) is 19.6. The molecule has 1 aromatic heterocycles. The van der Waals surface area contributed by atoms with Gasteiger partial charge in [-0.2, -0.15) is 0 Å². The van der Waals surface area contributed by atoms with Crippen LogP contribution in [0, 0.1) is 0 Å². The van der Waals surface area contributed by atoms with Crippen molar-refractivity contribution in [3.63, 3.8) is 0 Å². The molecule has 0 saturated carbocycles. The number of morpholine rings is 1. The highest BCUT2D eigenvalue weighted by Gasteiger charge is 2.28. The van der Waals surface area contributed by atoms with Crippen LogP contribution in [0.1, 0.15) is 15.9 Å². The third-order valence-electron chi connectivity index (χ3n) is 6.24. The van der Waals surface area contributed by atoms with Crippen LogP contribution in [0.5, 0.6) is 17.2 Å². The van der Waals surface area contributed by atoms with Crippen LogP contribution in [0.3, 0.4) is 0 Å². The number of hydrogen-bond acceptors (Lipinski definition) is 8. The molecule has 0 N–H and O–H groups in total. The molecular formula is C24H33N3O6. The normalized spacial score (nSPS) is 20.0. The van der Waals surface area contributed by atoms with Gasteiger partial charge in [0.25, 0.3) is 5.91 Å². The summed E-state index contributed by atoms with van der Waals surface area (Å²) in [6, 6.07) is 5.43. The molecule has 1 unspecified atom stereocenters. The summed E-state index contributed by atoms with van der Waals surface area (Å²) in [4.78, 5) is 19.8. The van der Waals surface area contributed by atoms with Crippen molar-refractivity contribution in [1.29, 1.82) is 0 Å². The molecule has 0 bridgehead atoms. The second-order valence-corrected chi connectivity index (χ2v) is 8.37. The molecular weight excluding hydrogens is 426 g/mol. The zero-order chi connectivity index (χ0) is 23.2. The smallest absolute Gasteiger partial charge is 0.254 e. The lowest BCUT2D eigenvalue weighted by Crippen LogP contribution is -2.53. The Balaban J connectivity index is 1.30. The third kappa shape index (κ3) is 5.61. The van der Waals surface area contributed by atoms with Gasteiger partial charge < -0.3 is 28.3 Å². The summed E-state index contributed by atoms with van der Waals surface area (Å²) in [5.74, 6) is 1.41. The summed E-state index contributed by atoms with van der Waals surface area (Å²) >= 11 is 0. The molecule has 1 atom stereocenters. The summed E-state index contributed by atoms with van der Waals surface area (Å²) in [7, 11) is 4.65. The molecule has 1 amide bonds. The second kappa shape index (κ2) is 10.9. The highest BCUT2D eigenvalue weighted by atomic mass is 16.5. The molecule has 0 aliphatic carbocycles. The molecule has 0 spiro atoms. The molecule has 2 aliphatic rings. The Morgan fingerprint density at radius 2 is 1.73 bits per heavy atom. The Kier molecular flexibility index (Phi) is 7.74. The molecule has 1 aromatic carbocycles. The van der Waals surface area contributed by atoms with E-state index in [2.05, 4.69) is 9.80 Å². The lowest BCUT2D eigenvalue weighted by Gasteiger charge is -2.39. The lowest BCUT2D eigenvalue weighted by atomic mass is 10.1. The van der Waals surface area contributed by atoms with Gasteiger partial charge in [-0.3, -0.25) is 14.6 Å². The van der Waals surface area contributed by atoms with Crippen molar-refractivity contribution in [1.82, 2.24) is 14.7 Å². The van der Waals surface area contributed by atoms with Crippen LogP contribution in [0.4, 0.5) is 0 Å². The molecule has 2 fully saturated rings. The second-order valence-electron chi connectivity index (χ2n) is 8.37. The average Bonchev–Trinajstić information content (AvgIpc) is 3.36. The van der Waals surface area contributed by atoms with E-state index in [1.54, 1.807) is 46.0 Å². The number of piperazine rings is 1. The van der Waals surface area contributed by atoms with Crippen LogP contribution in [0.25, 0.3) is 0 Å². The first kappa shape index (κ1) is 23.4. The van der Waals surface area contributed by atoms with Gasteiger partial charge >= 0.3 is 0 Å². The first-order chi connectivity index (χ1) is 16.1. The van der Waals surface area contributed by atoms with Crippen molar-refractivity contribution < 1.29 is 28.2 Å². The predicted molar refractivity (Wildman–Crippen MR) is 122 cm³/mol. The Hall–Kier alpha value is -2.75. The molecule has 9 heteroatoms. The molecule has 180 valence electrons. The highest BCUT2D eigenvalue weighted by molar-refractivity contribution is 5.95. The number of benzene rings is 1. The number of nitrogens with zero attached hydrogens (tertiary/aromatic N) is 3. The number of carbonyl (C=O) groups excluding carboxylic acids is 1. The number of ether oxygens (including phenoxy) is 4. The minimum Gasteiger partial charge on any atom is -0.493 e. The van der Waals surface area contributed by atoms with Gasteiger partial charge in [-0.1, -0.05) is 0 Å². The first-order valence-corrected chi connectivity index (χ1v) is 11.3. The topological polar surface area (TPSA) is 76.9 Å². The number of carbonyl (C=O) groups is 1. The van der Waals surface area contributed by atoms with E-state index < -0.39 is 0 Å². The van der Waals surface area contributed by atoms with Crippen molar-refractivity contribution in [2.24, 2.45) is 0 Å².